The van der Waals surface area contributed by atoms with E-state index in [4.69, 9.17) is 5.73 Å². The fourth-order valence-electron chi connectivity index (χ4n) is 3.91. The van der Waals surface area contributed by atoms with Gasteiger partial charge in [0.05, 0.1) is 18.0 Å². The van der Waals surface area contributed by atoms with E-state index < -0.39 is 11.5 Å². The van der Waals surface area contributed by atoms with Crippen LogP contribution in [0.1, 0.15) is 36.8 Å². The van der Waals surface area contributed by atoms with Gasteiger partial charge in [-0.1, -0.05) is 55.3 Å². The number of nitrogens with two attached hydrogens (primary N) is 1. The highest BCUT2D eigenvalue weighted by Gasteiger charge is 2.42. The molecule has 1 aliphatic rings. The molecule has 4 N–H and O–H groups in total. The van der Waals surface area contributed by atoms with E-state index in [9.17, 15) is 14.7 Å². The summed E-state index contributed by atoms with van der Waals surface area (Å²) < 4.78 is 0. The Morgan fingerprint density at radius 3 is 2.30 bits per heavy atom. The number of ketones is 1. The molecule has 1 unspecified atom stereocenters. The van der Waals surface area contributed by atoms with Crippen LogP contribution in [0.25, 0.3) is 0 Å². The number of benzene rings is 2. The first-order chi connectivity index (χ1) is 13.0. The number of hydrogen-bond acceptors (Lipinski definition) is 4. The number of phenolic OH excluding ortho intramolecular Hbond substituents is 1. The molecule has 3 rings (SSSR count). The van der Waals surface area contributed by atoms with Gasteiger partial charge in [-0.3, -0.25) is 9.59 Å². The molecule has 142 valence electrons. The second-order valence-corrected chi connectivity index (χ2v) is 7.27. The molecule has 1 saturated carbocycles. The molecule has 0 spiro atoms. The summed E-state index contributed by atoms with van der Waals surface area (Å²) in [5.74, 6) is -0.112. The van der Waals surface area contributed by atoms with Crippen LogP contribution in [-0.4, -0.2) is 29.4 Å². The Kier molecular flexibility index (Phi) is 5.91. The zero-order valence-corrected chi connectivity index (χ0v) is 15.4. The summed E-state index contributed by atoms with van der Waals surface area (Å²) in [5.41, 5.74) is 7.39. The number of rotatable bonds is 7. The van der Waals surface area contributed by atoms with Gasteiger partial charge in [-0.2, -0.15) is 0 Å². The molecule has 5 nitrogen and oxygen atoms in total. The van der Waals surface area contributed by atoms with Crippen molar-refractivity contribution in [2.75, 3.05) is 6.54 Å². The second kappa shape index (κ2) is 8.35. The lowest BCUT2D eigenvalue weighted by Gasteiger charge is -2.28. The first-order valence-corrected chi connectivity index (χ1v) is 9.41. The Bertz CT molecular complexity index is 781. The topological polar surface area (TPSA) is 92.4 Å². The fraction of sp³-hybridized carbons (Fsp3) is 0.364. The maximum Gasteiger partial charge on any atom is 0.237 e. The van der Waals surface area contributed by atoms with Crippen LogP contribution >= 0.6 is 0 Å². The number of carbonyl (C=O) groups excluding carboxylic acids is 2. The number of nitrogens with one attached hydrogen (secondary N) is 1. The Morgan fingerprint density at radius 1 is 1.04 bits per heavy atom. The summed E-state index contributed by atoms with van der Waals surface area (Å²) in [4.78, 5) is 25.3. The highest BCUT2D eigenvalue weighted by Crippen LogP contribution is 2.41. The SMILES string of the molecule is NC(Cc1ccc(O)cc1)C(=O)NCC(=O)C1(c2ccccc2)CCCC1. The van der Waals surface area contributed by atoms with Crippen molar-refractivity contribution < 1.29 is 14.7 Å². The van der Waals surface area contributed by atoms with Crippen LogP contribution < -0.4 is 11.1 Å². The van der Waals surface area contributed by atoms with Crippen LogP contribution in [0.3, 0.4) is 0 Å². The summed E-state index contributed by atoms with van der Waals surface area (Å²) in [6.45, 7) is -0.00297. The van der Waals surface area contributed by atoms with Gasteiger partial charge in [-0.25, -0.2) is 0 Å². The van der Waals surface area contributed by atoms with Crippen molar-refractivity contribution >= 4 is 11.7 Å². The number of amides is 1. The van der Waals surface area contributed by atoms with Crippen molar-refractivity contribution in [3.8, 4) is 5.75 Å². The highest BCUT2D eigenvalue weighted by molar-refractivity contribution is 5.95. The minimum Gasteiger partial charge on any atom is -0.508 e. The molecule has 1 atom stereocenters. The van der Waals surface area contributed by atoms with Crippen molar-refractivity contribution in [2.24, 2.45) is 5.73 Å². The van der Waals surface area contributed by atoms with E-state index >= 15 is 0 Å². The summed E-state index contributed by atoms with van der Waals surface area (Å²) in [5, 5.41) is 12.0. The Hall–Kier alpha value is -2.66. The molecule has 0 radical (unpaired) electrons. The maximum absolute atomic E-state index is 13.0. The first-order valence-electron chi connectivity index (χ1n) is 9.41. The third-order valence-electron chi connectivity index (χ3n) is 5.47. The molecule has 1 amide bonds. The molecule has 5 heteroatoms. The molecule has 2 aromatic carbocycles. The lowest BCUT2D eigenvalue weighted by Crippen LogP contribution is -2.47. The highest BCUT2D eigenvalue weighted by atomic mass is 16.3. The van der Waals surface area contributed by atoms with E-state index in [0.717, 1.165) is 36.8 Å². The minimum absolute atomic E-state index is 0.00297. The number of Topliss-reactive ketones (excluding diaryl/α,β-unsaturated/α-hetero) is 1. The first kappa shape index (κ1) is 19.1. The van der Waals surface area contributed by atoms with Crippen LogP contribution in [0.5, 0.6) is 5.75 Å². The maximum atomic E-state index is 13.0. The molecule has 2 aromatic rings. The summed E-state index contributed by atoms with van der Waals surface area (Å²) in [7, 11) is 0. The lowest BCUT2D eigenvalue weighted by molar-refractivity contribution is -0.128. The molecular weight excluding hydrogens is 340 g/mol. The number of phenols is 1. The van der Waals surface area contributed by atoms with E-state index in [1.165, 1.54) is 0 Å². The predicted molar refractivity (Wildman–Crippen MR) is 104 cm³/mol. The van der Waals surface area contributed by atoms with E-state index in [0.29, 0.717) is 6.42 Å². The van der Waals surface area contributed by atoms with Crippen LogP contribution in [0, 0.1) is 0 Å². The zero-order chi connectivity index (χ0) is 19.3. The van der Waals surface area contributed by atoms with Gasteiger partial charge in [0.25, 0.3) is 0 Å². The molecule has 1 fully saturated rings. The van der Waals surface area contributed by atoms with Crippen LogP contribution in [0.4, 0.5) is 0 Å². The monoisotopic (exact) mass is 366 g/mol. The van der Waals surface area contributed by atoms with E-state index in [1.807, 2.05) is 30.3 Å². The van der Waals surface area contributed by atoms with Crippen molar-refractivity contribution in [3.05, 3.63) is 65.7 Å². The van der Waals surface area contributed by atoms with Crippen LogP contribution in [-0.2, 0) is 21.4 Å². The van der Waals surface area contributed by atoms with Gasteiger partial charge in [-0.15, -0.1) is 0 Å². The van der Waals surface area contributed by atoms with Gasteiger partial charge in [0.2, 0.25) is 5.91 Å². The predicted octanol–water partition coefficient (Wildman–Crippen LogP) is 2.46. The van der Waals surface area contributed by atoms with Crippen LogP contribution in [0.2, 0.25) is 0 Å². The Labute approximate surface area is 159 Å². The third kappa shape index (κ3) is 4.37. The van der Waals surface area contributed by atoms with Gasteiger partial charge >= 0.3 is 0 Å². The van der Waals surface area contributed by atoms with Crippen molar-refractivity contribution in [2.45, 2.75) is 43.6 Å². The minimum atomic E-state index is -0.737. The van der Waals surface area contributed by atoms with Crippen molar-refractivity contribution in [3.63, 3.8) is 0 Å². The molecular formula is C22H26N2O3. The molecule has 1 aliphatic carbocycles. The molecule has 0 bridgehead atoms. The number of aromatic hydroxyl groups is 1. The van der Waals surface area contributed by atoms with Crippen molar-refractivity contribution in [1.82, 2.24) is 5.32 Å². The van der Waals surface area contributed by atoms with Gasteiger partial charge in [0, 0.05) is 0 Å². The second-order valence-electron chi connectivity index (χ2n) is 7.27. The quantitative estimate of drug-likeness (QED) is 0.702. The Balaban J connectivity index is 1.60. The average Bonchev–Trinajstić information content (AvgIpc) is 3.19. The van der Waals surface area contributed by atoms with Gasteiger partial charge in [-0.05, 0) is 42.5 Å². The Morgan fingerprint density at radius 2 is 1.67 bits per heavy atom. The fourth-order valence-corrected chi connectivity index (χ4v) is 3.91. The average molecular weight is 366 g/mol. The van der Waals surface area contributed by atoms with Crippen LogP contribution in [0.15, 0.2) is 54.6 Å². The smallest absolute Gasteiger partial charge is 0.237 e. The molecule has 0 saturated heterocycles. The zero-order valence-electron chi connectivity index (χ0n) is 15.4. The van der Waals surface area contributed by atoms with Gasteiger partial charge < -0.3 is 16.2 Å². The molecule has 0 aromatic heterocycles. The molecule has 0 heterocycles. The summed E-state index contributed by atoms with van der Waals surface area (Å²) in [6, 6.07) is 15.7. The van der Waals surface area contributed by atoms with E-state index in [1.54, 1.807) is 24.3 Å². The van der Waals surface area contributed by atoms with Gasteiger partial charge in [0.1, 0.15) is 5.75 Å². The number of carbonyl (C=O) groups is 2. The van der Waals surface area contributed by atoms with Crippen molar-refractivity contribution in [1.29, 1.82) is 0 Å². The summed E-state index contributed by atoms with van der Waals surface area (Å²) in [6.07, 6.45) is 4.05. The summed E-state index contributed by atoms with van der Waals surface area (Å²) >= 11 is 0. The molecule has 27 heavy (non-hydrogen) atoms. The van der Waals surface area contributed by atoms with E-state index in [-0.39, 0.29) is 24.0 Å². The lowest BCUT2D eigenvalue weighted by atomic mass is 9.75. The molecule has 0 aliphatic heterocycles. The normalized spacial score (nSPS) is 16.6. The largest absolute Gasteiger partial charge is 0.508 e. The van der Waals surface area contributed by atoms with Gasteiger partial charge in [0.15, 0.2) is 5.78 Å². The third-order valence-corrected chi connectivity index (χ3v) is 5.47. The van der Waals surface area contributed by atoms with E-state index in [2.05, 4.69) is 5.32 Å². The standard InChI is InChI=1S/C22H26N2O3/c23-19(14-16-8-10-18(25)11-9-16)21(27)24-15-20(26)22(12-4-5-13-22)17-6-2-1-3-7-17/h1-3,6-11,19,25H,4-5,12-15,23H2,(H,24,27). The number of hydrogen-bond donors (Lipinski definition) is 3.